The minimum Gasteiger partial charge on any atom is -0.338 e. The number of benzene rings is 1. The van der Waals surface area contributed by atoms with Gasteiger partial charge in [-0.3, -0.25) is 4.79 Å². The molecule has 0 atom stereocenters. The van der Waals surface area contributed by atoms with Gasteiger partial charge in [0.2, 0.25) is 0 Å². The number of aromatic amines is 1. The molecule has 6 nitrogen and oxygen atoms in total. The average molecular weight is 338 g/mol. The Kier molecular flexibility index (Phi) is 3.84. The topological polar surface area (TPSA) is 97.7 Å². The normalized spacial score (nSPS) is 10.8. The zero-order valence-electron chi connectivity index (χ0n) is 13.0. The van der Waals surface area contributed by atoms with Gasteiger partial charge in [-0.1, -0.05) is 25.4 Å². The molecule has 0 aliphatic carbocycles. The molecule has 24 heavy (non-hydrogen) atoms. The maximum atomic E-state index is 12.8. The predicted octanol–water partition coefficient (Wildman–Crippen LogP) is 3.21. The van der Waals surface area contributed by atoms with Crippen LogP contribution in [-0.2, 0) is 0 Å². The molecule has 1 N–H and O–H groups in total. The van der Waals surface area contributed by atoms with Crippen molar-refractivity contribution in [3.63, 3.8) is 0 Å². The highest BCUT2D eigenvalue weighted by molar-refractivity contribution is 6.31. The number of fused-ring (bicyclic) bond motifs is 1. The Bertz CT molecular complexity index is 1100. The molecule has 0 spiro atoms. The first-order valence-corrected chi connectivity index (χ1v) is 7.59. The lowest BCUT2D eigenvalue weighted by Crippen LogP contribution is -2.22. The predicted molar refractivity (Wildman–Crippen MR) is 89.8 cm³/mol. The minimum absolute atomic E-state index is 0.0904. The molecule has 2 aromatic heterocycles. The standard InChI is InChI=1S/C17H12ClN5O/c1-9(2)14-15(11-3-10(6-19)4-13(18)5-11)22-16-12(7-20)8-21-23(16)17(14)24/h3-5,8-9,22H,1-2H3. The number of halogens is 1. The maximum Gasteiger partial charge on any atom is 0.278 e. The molecule has 0 saturated heterocycles. The summed E-state index contributed by atoms with van der Waals surface area (Å²) >= 11 is 6.09. The molecule has 0 amide bonds. The van der Waals surface area contributed by atoms with Gasteiger partial charge < -0.3 is 4.98 Å². The second-order valence-corrected chi connectivity index (χ2v) is 6.08. The van der Waals surface area contributed by atoms with Gasteiger partial charge in [0.05, 0.1) is 23.5 Å². The fraction of sp³-hybridized carbons (Fsp3) is 0.176. The molecule has 3 aromatic rings. The highest BCUT2D eigenvalue weighted by Crippen LogP contribution is 2.29. The third-order valence-electron chi connectivity index (χ3n) is 3.72. The van der Waals surface area contributed by atoms with E-state index in [0.29, 0.717) is 33.1 Å². The second-order valence-electron chi connectivity index (χ2n) is 5.64. The summed E-state index contributed by atoms with van der Waals surface area (Å²) in [5, 5.41) is 22.7. The van der Waals surface area contributed by atoms with E-state index >= 15 is 0 Å². The van der Waals surface area contributed by atoms with Crippen LogP contribution in [0.15, 0.2) is 29.2 Å². The lowest BCUT2D eigenvalue weighted by atomic mass is 9.97. The van der Waals surface area contributed by atoms with Crippen molar-refractivity contribution in [3.05, 3.63) is 56.5 Å². The van der Waals surface area contributed by atoms with E-state index in [1.165, 1.54) is 10.7 Å². The molecule has 118 valence electrons. The fourth-order valence-electron chi connectivity index (χ4n) is 2.67. The molecule has 0 aliphatic rings. The summed E-state index contributed by atoms with van der Waals surface area (Å²) in [4.78, 5) is 15.9. The van der Waals surface area contributed by atoms with Crippen LogP contribution in [0.3, 0.4) is 0 Å². The molecule has 7 heteroatoms. The fourth-order valence-corrected chi connectivity index (χ4v) is 2.91. The van der Waals surface area contributed by atoms with Crippen molar-refractivity contribution in [2.45, 2.75) is 19.8 Å². The number of nitrogens with zero attached hydrogens (tertiary/aromatic N) is 4. The summed E-state index contributed by atoms with van der Waals surface area (Å²) in [5.41, 5.74) is 2.36. The number of H-pyrrole nitrogens is 1. The van der Waals surface area contributed by atoms with Crippen molar-refractivity contribution >= 4 is 17.2 Å². The average Bonchev–Trinajstić information content (AvgIpc) is 2.97. The summed E-state index contributed by atoms with van der Waals surface area (Å²) in [6.45, 7) is 3.79. The van der Waals surface area contributed by atoms with Crippen LogP contribution in [0.1, 0.15) is 36.5 Å². The SMILES string of the molecule is CC(C)c1c(-c2cc(Cl)cc(C#N)c2)[nH]c2c(C#N)cnn2c1=O. The lowest BCUT2D eigenvalue weighted by molar-refractivity contribution is 0.797. The first kappa shape index (κ1) is 15.8. The molecule has 0 saturated carbocycles. The molecule has 0 radical (unpaired) electrons. The van der Waals surface area contributed by atoms with Gasteiger partial charge in [-0.05, 0) is 24.1 Å². The van der Waals surface area contributed by atoms with Crippen molar-refractivity contribution in [2.75, 3.05) is 0 Å². The number of nitrogens with one attached hydrogen (secondary N) is 1. The van der Waals surface area contributed by atoms with Crippen LogP contribution in [-0.4, -0.2) is 14.6 Å². The summed E-state index contributed by atoms with van der Waals surface area (Å²) in [6.07, 6.45) is 1.35. The van der Waals surface area contributed by atoms with Crippen LogP contribution in [0.4, 0.5) is 0 Å². The number of hydrogen-bond donors (Lipinski definition) is 1. The minimum atomic E-state index is -0.297. The number of rotatable bonds is 2. The quantitative estimate of drug-likeness (QED) is 0.776. The highest BCUT2D eigenvalue weighted by atomic mass is 35.5. The zero-order chi connectivity index (χ0) is 17.4. The molecular formula is C17H12ClN5O. The molecule has 2 heterocycles. The van der Waals surface area contributed by atoms with Gasteiger partial charge in [-0.25, -0.2) is 0 Å². The van der Waals surface area contributed by atoms with E-state index in [2.05, 4.69) is 10.1 Å². The number of hydrogen-bond acceptors (Lipinski definition) is 4. The van der Waals surface area contributed by atoms with Crippen LogP contribution in [0.25, 0.3) is 16.9 Å². The Labute approximate surface area is 142 Å². The van der Waals surface area contributed by atoms with Crippen molar-refractivity contribution in [3.8, 4) is 23.4 Å². The third-order valence-corrected chi connectivity index (χ3v) is 3.94. The molecule has 0 bridgehead atoms. The number of nitriles is 2. The lowest BCUT2D eigenvalue weighted by Gasteiger charge is -2.13. The molecular weight excluding hydrogens is 326 g/mol. The summed E-state index contributed by atoms with van der Waals surface area (Å²) in [5.74, 6) is -0.0904. The monoisotopic (exact) mass is 337 g/mol. The third kappa shape index (κ3) is 2.44. The van der Waals surface area contributed by atoms with E-state index in [-0.39, 0.29) is 17.0 Å². The Morgan fingerprint density at radius 1 is 1.25 bits per heavy atom. The van der Waals surface area contributed by atoms with Gasteiger partial charge in [0.15, 0.2) is 5.65 Å². The van der Waals surface area contributed by atoms with E-state index < -0.39 is 0 Å². The van der Waals surface area contributed by atoms with Crippen LogP contribution in [0.5, 0.6) is 0 Å². The van der Waals surface area contributed by atoms with E-state index in [9.17, 15) is 10.1 Å². The molecule has 0 fully saturated rings. The summed E-state index contributed by atoms with van der Waals surface area (Å²) < 4.78 is 1.19. The van der Waals surface area contributed by atoms with Crippen LogP contribution in [0.2, 0.25) is 5.02 Å². The molecule has 0 unspecified atom stereocenters. The first-order chi connectivity index (χ1) is 11.5. The maximum absolute atomic E-state index is 12.8. The molecule has 0 aliphatic heterocycles. The van der Waals surface area contributed by atoms with Crippen LogP contribution >= 0.6 is 11.6 Å². The van der Waals surface area contributed by atoms with Crippen molar-refractivity contribution in [1.82, 2.24) is 14.6 Å². The van der Waals surface area contributed by atoms with Gasteiger partial charge in [0, 0.05) is 16.1 Å². The summed E-state index contributed by atoms with van der Waals surface area (Å²) in [6, 6.07) is 8.94. The van der Waals surface area contributed by atoms with Crippen LogP contribution < -0.4 is 5.56 Å². The Balaban J connectivity index is 2.45. The van der Waals surface area contributed by atoms with E-state index in [1.54, 1.807) is 18.2 Å². The van der Waals surface area contributed by atoms with E-state index in [0.717, 1.165) is 0 Å². The van der Waals surface area contributed by atoms with Crippen molar-refractivity contribution < 1.29 is 0 Å². The van der Waals surface area contributed by atoms with Gasteiger partial charge in [0.1, 0.15) is 11.6 Å². The second kappa shape index (κ2) is 5.84. The Morgan fingerprint density at radius 3 is 2.62 bits per heavy atom. The highest BCUT2D eigenvalue weighted by Gasteiger charge is 2.19. The molecule has 1 aromatic carbocycles. The Hall–Kier alpha value is -3.09. The van der Waals surface area contributed by atoms with E-state index in [1.807, 2.05) is 26.0 Å². The van der Waals surface area contributed by atoms with Gasteiger partial charge >= 0.3 is 0 Å². The number of aromatic nitrogens is 3. The smallest absolute Gasteiger partial charge is 0.278 e. The van der Waals surface area contributed by atoms with Gasteiger partial charge in [-0.15, -0.1) is 0 Å². The largest absolute Gasteiger partial charge is 0.338 e. The first-order valence-electron chi connectivity index (χ1n) is 7.21. The van der Waals surface area contributed by atoms with Crippen molar-refractivity contribution in [2.24, 2.45) is 0 Å². The van der Waals surface area contributed by atoms with Crippen molar-refractivity contribution in [1.29, 1.82) is 10.5 Å². The summed E-state index contributed by atoms with van der Waals surface area (Å²) in [7, 11) is 0. The molecule has 3 rings (SSSR count). The zero-order valence-corrected chi connectivity index (χ0v) is 13.7. The Morgan fingerprint density at radius 2 is 2.00 bits per heavy atom. The van der Waals surface area contributed by atoms with Gasteiger partial charge in [-0.2, -0.15) is 20.1 Å². The van der Waals surface area contributed by atoms with Crippen LogP contribution in [0, 0.1) is 22.7 Å². The van der Waals surface area contributed by atoms with E-state index in [4.69, 9.17) is 16.9 Å². The van der Waals surface area contributed by atoms with Gasteiger partial charge in [0.25, 0.3) is 5.56 Å².